The number of rotatable bonds is 3. The van der Waals surface area contributed by atoms with Crippen molar-refractivity contribution in [3.63, 3.8) is 0 Å². The number of nitrogens with zero attached hydrogens (tertiary/aromatic N) is 6. The van der Waals surface area contributed by atoms with Gasteiger partial charge in [-0.15, -0.1) is 10.2 Å². The minimum absolute atomic E-state index is 0.809. The Morgan fingerprint density at radius 2 is 2.06 bits per heavy atom. The first-order chi connectivity index (χ1) is 8.86. The van der Waals surface area contributed by atoms with Gasteiger partial charge in [-0.05, 0) is 13.0 Å². The maximum absolute atomic E-state index is 4.31. The fourth-order valence-electron chi connectivity index (χ4n) is 2.43. The number of hydrogen-bond acceptors (Lipinski definition) is 5. The molecule has 1 aliphatic heterocycles. The Morgan fingerprint density at radius 3 is 2.83 bits per heavy atom. The van der Waals surface area contributed by atoms with E-state index >= 15 is 0 Å². The van der Waals surface area contributed by atoms with E-state index in [1.165, 1.54) is 13.0 Å². The van der Waals surface area contributed by atoms with E-state index in [0.717, 1.165) is 37.5 Å². The standard InChI is InChI=1S/C12H18N6/c1-2-3-16-4-6-17(7-5-16)11-8-12-15-13-10-18(12)14-9-11/h8-10H,2-7H2,1H3. The van der Waals surface area contributed by atoms with Crippen LogP contribution in [0.5, 0.6) is 0 Å². The van der Waals surface area contributed by atoms with Crippen LogP contribution < -0.4 is 4.90 Å². The van der Waals surface area contributed by atoms with Gasteiger partial charge in [-0.25, -0.2) is 4.52 Å². The van der Waals surface area contributed by atoms with E-state index in [0.29, 0.717) is 0 Å². The highest BCUT2D eigenvalue weighted by molar-refractivity contribution is 5.53. The van der Waals surface area contributed by atoms with Gasteiger partial charge in [0, 0.05) is 32.2 Å². The minimum Gasteiger partial charge on any atom is -0.368 e. The second-order valence-electron chi connectivity index (χ2n) is 4.68. The smallest absolute Gasteiger partial charge is 0.179 e. The third-order valence-electron chi connectivity index (χ3n) is 3.42. The van der Waals surface area contributed by atoms with Crippen molar-refractivity contribution >= 4 is 11.3 Å². The Bertz CT molecular complexity index is 514. The Kier molecular flexibility index (Phi) is 3.10. The number of aromatic nitrogens is 4. The van der Waals surface area contributed by atoms with Gasteiger partial charge in [0.2, 0.25) is 0 Å². The van der Waals surface area contributed by atoms with Gasteiger partial charge in [0.15, 0.2) is 5.65 Å². The molecule has 0 aliphatic carbocycles. The van der Waals surface area contributed by atoms with Crippen molar-refractivity contribution in [2.45, 2.75) is 13.3 Å². The van der Waals surface area contributed by atoms with Gasteiger partial charge >= 0.3 is 0 Å². The maximum atomic E-state index is 4.31. The van der Waals surface area contributed by atoms with E-state index in [1.807, 2.05) is 6.20 Å². The second kappa shape index (κ2) is 4.89. The Hall–Kier alpha value is -1.69. The Balaban J connectivity index is 1.71. The number of fused-ring (bicyclic) bond motifs is 1. The van der Waals surface area contributed by atoms with Crippen LogP contribution in [-0.2, 0) is 0 Å². The summed E-state index contributed by atoms with van der Waals surface area (Å²) in [5.41, 5.74) is 1.95. The maximum Gasteiger partial charge on any atom is 0.179 e. The molecule has 1 fully saturated rings. The highest BCUT2D eigenvalue weighted by Crippen LogP contribution is 2.16. The molecule has 2 aromatic rings. The average Bonchev–Trinajstić information content (AvgIpc) is 2.87. The van der Waals surface area contributed by atoms with Crippen LogP contribution in [0.15, 0.2) is 18.6 Å². The summed E-state index contributed by atoms with van der Waals surface area (Å²) in [6, 6.07) is 2.05. The number of anilines is 1. The number of hydrogen-bond donors (Lipinski definition) is 0. The van der Waals surface area contributed by atoms with E-state index in [2.05, 4.69) is 38.1 Å². The molecule has 0 spiro atoms. The van der Waals surface area contributed by atoms with Crippen molar-refractivity contribution in [2.24, 2.45) is 0 Å². The summed E-state index contributed by atoms with van der Waals surface area (Å²) < 4.78 is 1.69. The first-order valence-corrected chi connectivity index (χ1v) is 6.50. The summed E-state index contributed by atoms with van der Waals surface area (Å²) in [7, 11) is 0. The summed E-state index contributed by atoms with van der Waals surface area (Å²) in [4.78, 5) is 4.88. The Morgan fingerprint density at radius 1 is 1.22 bits per heavy atom. The lowest BCUT2D eigenvalue weighted by Crippen LogP contribution is -2.46. The molecule has 6 heteroatoms. The van der Waals surface area contributed by atoms with Crippen LogP contribution in [0.1, 0.15) is 13.3 Å². The highest BCUT2D eigenvalue weighted by atomic mass is 15.3. The summed E-state index contributed by atoms with van der Waals surface area (Å²) in [5, 5.41) is 12.2. The molecule has 1 saturated heterocycles. The lowest BCUT2D eigenvalue weighted by molar-refractivity contribution is 0.258. The van der Waals surface area contributed by atoms with Crippen LogP contribution in [0.3, 0.4) is 0 Å². The predicted molar refractivity (Wildman–Crippen MR) is 69.7 cm³/mol. The molecule has 6 nitrogen and oxygen atoms in total. The van der Waals surface area contributed by atoms with E-state index in [-0.39, 0.29) is 0 Å². The van der Waals surface area contributed by atoms with Crippen molar-refractivity contribution in [1.29, 1.82) is 0 Å². The quantitative estimate of drug-likeness (QED) is 0.796. The molecule has 0 N–H and O–H groups in total. The van der Waals surface area contributed by atoms with Gasteiger partial charge in [-0.3, -0.25) is 4.90 Å². The van der Waals surface area contributed by atoms with Crippen molar-refractivity contribution in [2.75, 3.05) is 37.6 Å². The molecule has 18 heavy (non-hydrogen) atoms. The van der Waals surface area contributed by atoms with Crippen molar-refractivity contribution < 1.29 is 0 Å². The molecule has 0 bridgehead atoms. The lowest BCUT2D eigenvalue weighted by Gasteiger charge is -2.35. The third-order valence-corrected chi connectivity index (χ3v) is 3.42. The zero-order valence-corrected chi connectivity index (χ0v) is 10.7. The molecule has 0 amide bonds. The highest BCUT2D eigenvalue weighted by Gasteiger charge is 2.17. The van der Waals surface area contributed by atoms with E-state index < -0.39 is 0 Å². The monoisotopic (exact) mass is 246 g/mol. The first kappa shape index (κ1) is 11.4. The van der Waals surface area contributed by atoms with Crippen LogP contribution in [0.4, 0.5) is 5.69 Å². The molecule has 2 aromatic heterocycles. The topological polar surface area (TPSA) is 49.6 Å². The molecular formula is C12H18N6. The summed E-state index contributed by atoms with van der Waals surface area (Å²) in [5.74, 6) is 0. The minimum atomic E-state index is 0.809. The van der Waals surface area contributed by atoms with Crippen LogP contribution in [0.2, 0.25) is 0 Å². The molecule has 96 valence electrons. The molecular weight excluding hydrogens is 228 g/mol. The third kappa shape index (κ3) is 2.15. The first-order valence-electron chi connectivity index (χ1n) is 6.50. The fourth-order valence-corrected chi connectivity index (χ4v) is 2.43. The van der Waals surface area contributed by atoms with Gasteiger partial charge in [0.1, 0.15) is 6.33 Å². The summed E-state index contributed by atoms with van der Waals surface area (Å²) >= 11 is 0. The summed E-state index contributed by atoms with van der Waals surface area (Å²) in [6.45, 7) is 7.82. The summed E-state index contributed by atoms with van der Waals surface area (Å²) in [6.07, 6.45) is 4.75. The van der Waals surface area contributed by atoms with Crippen molar-refractivity contribution in [3.8, 4) is 0 Å². The van der Waals surface area contributed by atoms with Crippen molar-refractivity contribution in [1.82, 2.24) is 24.7 Å². The molecule has 0 aromatic carbocycles. The predicted octanol–water partition coefficient (Wildman–Crippen LogP) is 0.656. The lowest BCUT2D eigenvalue weighted by atomic mass is 10.2. The van der Waals surface area contributed by atoms with E-state index in [9.17, 15) is 0 Å². The molecule has 0 radical (unpaired) electrons. The average molecular weight is 246 g/mol. The van der Waals surface area contributed by atoms with E-state index in [4.69, 9.17) is 0 Å². The van der Waals surface area contributed by atoms with Gasteiger partial charge in [0.05, 0.1) is 11.9 Å². The van der Waals surface area contributed by atoms with Gasteiger partial charge in [-0.2, -0.15) is 5.10 Å². The van der Waals surface area contributed by atoms with Crippen LogP contribution in [0.25, 0.3) is 5.65 Å². The molecule has 0 atom stereocenters. The van der Waals surface area contributed by atoms with Gasteiger partial charge in [-0.1, -0.05) is 6.92 Å². The van der Waals surface area contributed by atoms with Crippen LogP contribution in [0, 0.1) is 0 Å². The Labute approximate surface area is 106 Å². The zero-order chi connectivity index (χ0) is 12.4. The second-order valence-corrected chi connectivity index (χ2v) is 4.68. The zero-order valence-electron chi connectivity index (χ0n) is 10.7. The van der Waals surface area contributed by atoms with Gasteiger partial charge in [0.25, 0.3) is 0 Å². The molecule has 0 unspecified atom stereocenters. The normalized spacial score (nSPS) is 17.5. The fraction of sp³-hybridized carbons (Fsp3) is 0.583. The van der Waals surface area contributed by atoms with E-state index in [1.54, 1.807) is 10.8 Å². The molecule has 3 rings (SSSR count). The van der Waals surface area contributed by atoms with Crippen molar-refractivity contribution in [3.05, 3.63) is 18.6 Å². The van der Waals surface area contributed by atoms with Crippen LogP contribution in [-0.4, -0.2) is 57.4 Å². The van der Waals surface area contributed by atoms with Gasteiger partial charge < -0.3 is 4.90 Å². The molecule has 0 saturated carbocycles. The SMILES string of the molecule is CCCN1CCN(c2cnn3cnnc3c2)CC1. The largest absolute Gasteiger partial charge is 0.368 e. The van der Waals surface area contributed by atoms with Crippen LogP contribution >= 0.6 is 0 Å². The number of piperazine rings is 1. The molecule has 3 heterocycles. The molecule has 1 aliphatic rings.